The molecular formula is C19H30N2O5. The molecule has 7 heteroatoms. The van der Waals surface area contributed by atoms with Crippen molar-refractivity contribution in [1.82, 2.24) is 10.4 Å². The molecule has 146 valence electrons. The Hall–Kier alpha value is -2.12. The van der Waals surface area contributed by atoms with Gasteiger partial charge in [-0.25, -0.2) is 9.86 Å². The molecule has 1 aromatic carbocycles. The number of hydrogen-bond donors (Lipinski definition) is 1. The van der Waals surface area contributed by atoms with Gasteiger partial charge in [0.15, 0.2) is 0 Å². The highest BCUT2D eigenvalue weighted by Gasteiger charge is 2.30. The van der Waals surface area contributed by atoms with Crippen molar-refractivity contribution in [3.05, 3.63) is 35.9 Å². The number of ether oxygens (including phenoxy) is 2. The third kappa shape index (κ3) is 7.84. The second-order valence-electron chi connectivity index (χ2n) is 7.06. The van der Waals surface area contributed by atoms with Gasteiger partial charge in [0.25, 0.3) is 5.91 Å². The summed E-state index contributed by atoms with van der Waals surface area (Å²) in [4.78, 5) is 29.4. The number of nitrogens with one attached hydrogen (secondary N) is 1. The average Bonchev–Trinajstić information content (AvgIpc) is 2.58. The zero-order valence-electron chi connectivity index (χ0n) is 16.4. The van der Waals surface area contributed by atoms with Crippen LogP contribution < -0.4 is 5.32 Å². The van der Waals surface area contributed by atoms with Crippen LogP contribution in [-0.4, -0.2) is 49.5 Å². The predicted octanol–water partition coefficient (Wildman–Crippen LogP) is 2.75. The molecule has 0 spiro atoms. The van der Waals surface area contributed by atoms with Crippen molar-refractivity contribution in [2.45, 2.75) is 45.9 Å². The van der Waals surface area contributed by atoms with Crippen molar-refractivity contribution in [3.63, 3.8) is 0 Å². The molecule has 1 aromatic rings. The maximum absolute atomic E-state index is 12.4. The van der Waals surface area contributed by atoms with Crippen LogP contribution in [0, 0.1) is 5.92 Å². The molecule has 1 rings (SSSR count). The van der Waals surface area contributed by atoms with Crippen LogP contribution in [0.2, 0.25) is 0 Å². The number of benzene rings is 1. The number of hydrogen-bond acceptors (Lipinski definition) is 5. The third-order valence-corrected chi connectivity index (χ3v) is 3.69. The number of nitrogens with zero attached hydrogens (tertiary/aromatic N) is 1. The van der Waals surface area contributed by atoms with Crippen LogP contribution in [0.4, 0.5) is 4.79 Å². The van der Waals surface area contributed by atoms with Gasteiger partial charge < -0.3 is 14.8 Å². The minimum atomic E-state index is -0.629. The largest absolute Gasteiger partial charge is 0.444 e. The number of carbonyl (C=O) groups excluding carboxylic acids is 2. The molecule has 2 atom stereocenters. The molecule has 0 aliphatic rings. The number of hydroxylamine groups is 2. The van der Waals surface area contributed by atoms with Gasteiger partial charge in [0.05, 0.1) is 32.3 Å². The van der Waals surface area contributed by atoms with Gasteiger partial charge in [0.1, 0.15) is 5.60 Å². The number of carbonyl (C=O) groups is 2. The fourth-order valence-electron chi connectivity index (χ4n) is 2.20. The summed E-state index contributed by atoms with van der Waals surface area (Å²) in [6.07, 6.45) is -0.592. The normalized spacial score (nSPS) is 13.6. The van der Waals surface area contributed by atoms with Crippen LogP contribution in [0.5, 0.6) is 0 Å². The summed E-state index contributed by atoms with van der Waals surface area (Å²) in [7, 11) is 2.93. The molecular weight excluding hydrogens is 336 g/mol. The van der Waals surface area contributed by atoms with Gasteiger partial charge in [-0.05, 0) is 26.3 Å². The smallest absolute Gasteiger partial charge is 0.407 e. The van der Waals surface area contributed by atoms with E-state index >= 15 is 0 Å². The Bertz CT molecular complexity index is 571. The Morgan fingerprint density at radius 1 is 1.19 bits per heavy atom. The summed E-state index contributed by atoms with van der Waals surface area (Å²) in [6.45, 7) is 7.60. The molecule has 0 aliphatic heterocycles. The molecule has 0 heterocycles. The minimum absolute atomic E-state index is 0.165. The molecule has 0 saturated heterocycles. The summed E-state index contributed by atoms with van der Waals surface area (Å²) in [5.41, 5.74) is 0.382. The predicted molar refractivity (Wildman–Crippen MR) is 98.2 cm³/mol. The Labute approximate surface area is 155 Å². The van der Waals surface area contributed by atoms with Crippen LogP contribution in [0.15, 0.2) is 30.3 Å². The molecule has 0 unspecified atom stereocenters. The minimum Gasteiger partial charge on any atom is -0.444 e. The monoisotopic (exact) mass is 366 g/mol. The van der Waals surface area contributed by atoms with Crippen molar-refractivity contribution < 1.29 is 23.9 Å². The summed E-state index contributed by atoms with van der Waals surface area (Å²) in [5.74, 6) is -0.819. The standard InChI is InChI=1S/C19H30N2O5/c1-14(17(22)21(5)24-6)16(20-18(23)26-19(2,3)4)13-25-12-15-10-8-7-9-11-15/h7-11,14,16H,12-13H2,1-6H3,(H,20,23)/t14-,16-/m0/s1. The topological polar surface area (TPSA) is 77.1 Å². The highest BCUT2D eigenvalue weighted by atomic mass is 16.7. The highest BCUT2D eigenvalue weighted by Crippen LogP contribution is 2.12. The first-order valence-electron chi connectivity index (χ1n) is 8.57. The summed E-state index contributed by atoms with van der Waals surface area (Å²) in [5, 5.41) is 3.86. The van der Waals surface area contributed by atoms with E-state index in [-0.39, 0.29) is 12.5 Å². The van der Waals surface area contributed by atoms with E-state index in [4.69, 9.17) is 14.3 Å². The van der Waals surface area contributed by atoms with Crippen molar-refractivity contribution in [3.8, 4) is 0 Å². The molecule has 2 amide bonds. The van der Waals surface area contributed by atoms with E-state index in [2.05, 4.69) is 5.32 Å². The molecule has 0 saturated carbocycles. The van der Waals surface area contributed by atoms with Crippen molar-refractivity contribution >= 4 is 12.0 Å². The van der Waals surface area contributed by atoms with E-state index in [0.717, 1.165) is 10.6 Å². The quantitative estimate of drug-likeness (QED) is 0.716. The van der Waals surface area contributed by atoms with Gasteiger partial charge in [-0.3, -0.25) is 9.63 Å². The van der Waals surface area contributed by atoms with Crippen LogP contribution in [0.25, 0.3) is 0 Å². The maximum Gasteiger partial charge on any atom is 0.407 e. The van der Waals surface area contributed by atoms with E-state index in [9.17, 15) is 9.59 Å². The first kappa shape index (κ1) is 21.9. The molecule has 0 fully saturated rings. The van der Waals surface area contributed by atoms with Crippen molar-refractivity contribution in [2.24, 2.45) is 5.92 Å². The fraction of sp³-hybridized carbons (Fsp3) is 0.579. The number of amides is 2. The molecule has 1 N–H and O–H groups in total. The van der Waals surface area contributed by atoms with Gasteiger partial charge >= 0.3 is 6.09 Å². The van der Waals surface area contributed by atoms with Crippen LogP contribution in [0.3, 0.4) is 0 Å². The van der Waals surface area contributed by atoms with Gasteiger partial charge in [-0.2, -0.15) is 0 Å². The summed E-state index contributed by atoms with van der Waals surface area (Å²) >= 11 is 0. The van der Waals surface area contributed by atoms with Crippen LogP contribution in [-0.2, 0) is 25.7 Å². The van der Waals surface area contributed by atoms with Crippen molar-refractivity contribution in [2.75, 3.05) is 20.8 Å². The molecule has 7 nitrogen and oxygen atoms in total. The Morgan fingerprint density at radius 3 is 2.35 bits per heavy atom. The second-order valence-corrected chi connectivity index (χ2v) is 7.06. The fourth-order valence-corrected chi connectivity index (χ4v) is 2.20. The van der Waals surface area contributed by atoms with Crippen LogP contribution >= 0.6 is 0 Å². The van der Waals surface area contributed by atoms with E-state index in [0.29, 0.717) is 6.61 Å². The SMILES string of the molecule is CON(C)C(=O)[C@@H](C)[C@H](COCc1ccccc1)NC(=O)OC(C)(C)C. The van der Waals surface area contributed by atoms with E-state index < -0.39 is 23.7 Å². The van der Waals surface area contributed by atoms with Gasteiger partial charge in [0.2, 0.25) is 0 Å². The lowest BCUT2D eigenvalue weighted by molar-refractivity contribution is -0.174. The lowest BCUT2D eigenvalue weighted by Gasteiger charge is -2.28. The summed E-state index contributed by atoms with van der Waals surface area (Å²) in [6, 6.07) is 9.12. The Kier molecular flexibility index (Phi) is 8.54. The molecule has 0 bridgehead atoms. The Balaban J connectivity index is 2.73. The van der Waals surface area contributed by atoms with E-state index in [1.54, 1.807) is 27.7 Å². The third-order valence-electron chi connectivity index (χ3n) is 3.69. The zero-order valence-corrected chi connectivity index (χ0v) is 16.4. The lowest BCUT2D eigenvalue weighted by atomic mass is 10.0. The van der Waals surface area contributed by atoms with Crippen molar-refractivity contribution in [1.29, 1.82) is 0 Å². The van der Waals surface area contributed by atoms with Gasteiger partial charge in [-0.15, -0.1) is 0 Å². The van der Waals surface area contributed by atoms with E-state index in [1.165, 1.54) is 14.2 Å². The first-order chi connectivity index (χ1) is 12.1. The number of alkyl carbamates (subject to hydrolysis) is 1. The maximum atomic E-state index is 12.4. The molecule has 0 radical (unpaired) electrons. The molecule has 0 aromatic heterocycles. The first-order valence-corrected chi connectivity index (χ1v) is 8.57. The van der Waals surface area contributed by atoms with Gasteiger partial charge in [0, 0.05) is 7.05 Å². The van der Waals surface area contributed by atoms with Gasteiger partial charge in [-0.1, -0.05) is 37.3 Å². The second kappa shape index (κ2) is 10.1. The molecule has 26 heavy (non-hydrogen) atoms. The van der Waals surface area contributed by atoms with Crippen LogP contribution in [0.1, 0.15) is 33.3 Å². The number of rotatable bonds is 8. The zero-order chi connectivity index (χ0) is 19.7. The van der Waals surface area contributed by atoms with E-state index in [1.807, 2.05) is 30.3 Å². The molecule has 0 aliphatic carbocycles. The Morgan fingerprint density at radius 2 is 1.81 bits per heavy atom. The average molecular weight is 366 g/mol. The summed E-state index contributed by atoms with van der Waals surface area (Å²) < 4.78 is 11.0. The lowest BCUT2D eigenvalue weighted by Crippen LogP contribution is -2.49. The highest BCUT2D eigenvalue weighted by molar-refractivity contribution is 5.79.